The SMILES string of the molecule is C#CCOc1ccc2c(=O)cc(-c3ccccc3)oc2c1C=O. The fourth-order valence-corrected chi connectivity index (χ4v) is 2.32. The van der Waals surface area contributed by atoms with Gasteiger partial charge in [-0.05, 0) is 12.1 Å². The van der Waals surface area contributed by atoms with Crippen LogP contribution in [0.4, 0.5) is 0 Å². The number of terminal acetylenes is 1. The molecule has 0 bridgehead atoms. The van der Waals surface area contributed by atoms with Gasteiger partial charge in [0.15, 0.2) is 17.3 Å². The molecule has 0 unspecified atom stereocenters. The van der Waals surface area contributed by atoms with Crippen LogP contribution in [-0.2, 0) is 0 Å². The summed E-state index contributed by atoms with van der Waals surface area (Å²) in [6.07, 6.45) is 5.77. The fourth-order valence-electron chi connectivity index (χ4n) is 2.32. The van der Waals surface area contributed by atoms with E-state index in [1.165, 1.54) is 6.07 Å². The lowest BCUT2D eigenvalue weighted by Gasteiger charge is -2.09. The first-order chi connectivity index (χ1) is 11.2. The van der Waals surface area contributed by atoms with Crippen LogP contribution in [0, 0.1) is 12.3 Å². The van der Waals surface area contributed by atoms with E-state index in [9.17, 15) is 9.59 Å². The molecule has 4 heteroatoms. The molecule has 0 saturated carbocycles. The lowest BCUT2D eigenvalue weighted by molar-refractivity contribution is 0.112. The molecule has 2 aromatic carbocycles. The van der Waals surface area contributed by atoms with Crippen LogP contribution in [-0.4, -0.2) is 12.9 Å². The molecule has 0 spiro atoms. The number of hydrogen-bond acceptors (Lipinski definition) is 4. The molecule has 3 rings (SSSR count). The van der Waals surface area contributed by atoms with Gasteiger partial charge in [-0.15, -0.1) is 6.42 Å². The smallest absolute Gasteiger partial charge is 0.193 e. The lowest BCUT2D eigenvalue weighted by atomic mass is 10.1. The highest BCUT2D eigenvalue weighted by Crippen LogP contribution is 2.28. The fraction of sp³-hybridized carbons (Fsp3) is 0.0526. The molecular formula is C19H12O4. The van der Waals surface area contributed by atoms with Crippen molar-refractivity contribution in [2.45, 2.75) is 0 Å². The molecule has 4 nitrogen and oxygen atoms in total. The normalized spacial score (nSPS) is 10.2. The summed E-state index contributed by atoms with van der Waals surface area (Å²) in [4.78, 5) is 23.8. The molecule has 3 aromatic rings. The maximum atomic E-state index is 12.3. The number of fused-ring (bicyclic) bond motifs is 1. The quantitative estimate of drug-likeness (QED) is 0.548. The Kier molecular flexibility index (Phi) is 3.94. The van der Waals surface area contributed by atoms with Crippen molar-refractivity contribution in [2.75, 3.05) is 6.61 Å². The van der Waals surface area contributed by atoms with Crippen LogP contribution in [0.1, 0.15) is 10.4 Å². The van der Waals surface area contributed by atoms with Crippen LogP contribution < -0.4 is 10.2 Å². The molecule has 0 N–H and O–H groups in total. The van der Waals surface area contributed by atoms with E-state index in [1.54, 1.807) is 12.1 Å². The monoisotopic (exact) mass is 304 g/mol. The van der Waals surface area contributed by atoms with Crippen LogP contribution >= 0.6 is 0 Å². The first-order valence-electron chi connectivity index (χ1n) is 6.92. The lowest BCUT2D eigenvalue weighted by Crippen LogP contribution is -2.04. The Hall–Kier alpha value is -3.32. The number of ether oxygens (including phenoxy) is 1. The summed E-state index contributed by atoms with van der Waals surface area (Å²) >= 11 is 0. The van der Waals surface area contributed by atoms with E-state index in [-0.39, 0.29) is 23.2 Å². The van der Waals surface area contributed by atoms with Gasteiger partial charge in [0.1, 0.15) is 18.1 Å². The molecule has 1 aromatic heterocycles. The van der Waals surface area contributed by atoms with E-state index >= 15 is 0 Å². The summed E-state index contributed by atoms with van der Waals surface area (Å²) in [5.41, 5.74) is 0.892. The zero-order valence-electron chi connectivity index (χ0n) is 12.1. The molecule has 0 aliphatic heterocycles. The number of carbonyl (C=O) groups is 1. The Labute approximate surface area is 132 Å². The van der Waals surface area contributed by atoms with E-state index in [0.717, 1.165) is 5.56 Å². The first kappa shape index (κ1) is 14.6. The summed E-state index contributed by atoms with van der Waals surface area (Å²) in [7, 11) is 0. The number of rotatable bonds is 4. The van der Waals surface area contributed by atoms with Gasteiger partial charge in [-0.1, -0.05) is 36.3 Å². The molecule has 0 aliphatic carbocycles. The third-order valence-corrected chi connectivity index (χ3v) is 3.38. The summed E-state index contributed by atoms with van der Waals surface area (Å²) in [5, 5.41) is 0.319. The third-order valence-electron chi connectivity index (χ3n) is 3.38. The highest BCUT2D eigenvalue weighted by molar-refractivity contribution is 5.97. The van der Waals surface area contributed by atoms with Crippen LogP contribution in [0.3, 0.4) is 0 Å². The Bertz CT molecular complexity index is 962. The van der Waals surface area contributed by atoms with Crippen LogP contribution in [0.5, 0.6) is 5.75 Å². The summed E-state index contributed by atoms with van der Waals surface area (Å²) in [5.74, 6) is 3.01. The topological polar surface area (TPSA) is 56.5 Å². The number of benzene rings is 2. The second-order valence-electron chi connectivity index (χ2n) is 4.81. The largest absolute Gasteiger partial charge is 0.480 e. The minimum atomic E-state index is -0.225. The maximum absolute atomic E-state index is 12.3. The van der Waals surface area contributed by atoms with Crippen molar-refractivity contribution in [1.29, 1.82) is 0 Å². The van der Waals surface area contributed by atoms with Crippen LogP contribution in [0.2, 0.25) is 0 Å². The summed E-state index contributed by atoms with van der Waals surface area (Å²) in [6, 6.07) is 13.7. The van der Waals surface area contributed by atoms with Crippen molar-refractivity contribution >= 4 is 17.3 Å². The van der Waals surface area contributed by atoms with E-state index in [4.69, 9.17) is 15.6 Å². The summed E-state index contributed by atoms with van der Waals surface area (Å²) in [6.45, 7) is 0.0228. The number of carbonyl (C=O) groups excluding carboxylic acids is 1. The van der Waals surface area contributed by atoms with Crippen molar-refractivity contribution < 1.29 is 13.9 Å². The van der Waals surface area contributed by atoms with E-state index in [1.807, 2.05) is 30.3 Å². The van der Waals surface area contributed by atoms with Gasteiger partial charge >= 0.3 is 0 Å². The second-order valence-corrected chi connectivity index (χ2v) is 4.81. The Morgan fingerprint density at radius 1 is 1.17 bits per heavy atom. The van der Waals surface area contributed by atoms with Gasteiger partial charge in [0.25, 0.3) is 0 Å². The van der Waals surface area contributed by atoms with Crippen molar-refractivity contribution in [3.05, 3.63) is 64.3 Å². The van der Waals surface area contributed by atoms with Crippen molar-refractivity contribution in [2.24, 2.45) is 0 Å². The highest BCUT2D eigenvalue weighted by atomic mass is 16.5. The molecule has 0 amide bonds. The molecule has 0 saturated heterocycles. The molecule has 0 radical (unpaired) electrons. The zero-order chi connectivity index (χ0) is 16.2. The van der Waals surface area contributed by atoms with E-state index in [0.29, 0.717) is 23.2 Å². The second kappa shape index (κ2) is 6.20. The minimum Gasteiger partial charge on any atom is -0.480 e. The molecule has 0 fully saturated rings. The van der Waals surface area contributed by atoms with Crippen molar-refractivity contribution in [3.63, 3.8) is 0 Å². The van der Waals surface area contributed by atoms with Crippen LogP contribution in [0.15, 0.2) is 57.7 Å². The van der Waals surface area contributed by atoms with Crippen LogP contribution in [0.25, 0.3) is 22.3 Å². The molecule has 112 valence electrons. The van der Waals surface area contributed by atoms with Crippen molar-refractivity contribution in [3.8, 4) is 29.4 Å². The van der Waals surface area contributed by atoms with Crippen molar-refractivity contribution in [1.82, 2.24) is 0 Å². The van der Waals surface area contributed by atoms with Gasteiger partial charge in [0, 0.05) is 11.6 Å². The first-order valence-corrected chi connectivity index (χ1v) is 6.92. The minimum absolute atomic E-state index is 0.0228. The van der Waals surface area contributed by atoms with Gasteiger partial charge in [0.05, 0.1) is 10.9 Å². The standard InChI is InChI=1S/C19H12O4/c1-2-10-22-17-9-8-14-16(21)11-18(13-6-4-3-5-7-13)23-19(14)15(17)12-20/h1,3-9,11-12H,10H2. The molecule has 23 heavy (non-hydrogen) atoms. The van der Waals surface area contributed by atoms with Gasteiger partial charge in [-0.25, -0.2) is 0 Å². The molecular weight excluding hydrogens is 292 g/mol. The Morgan fingerprint density at radius 2 is 1.96 bits per heavy atom. The van der Waals surface area contributed by atoms with Gasteiger partial charge < -0.3 is 9.15 Å². The van der Waals surface area contributed by atoms with E-state index < -0.39 is 0 Å². The van der Waals surface area contributed by atoms with Gasteiger partial charge in [0.2, 0.25) is 0 Å². The molecule has 1 heterocycles. The Balaban J connectivity index is 2.27. The average molecular weight is 304 g/mol. The number of aldehydes is 1. The average Bonchev–Trinajstić information content (AvgIpc) is 2.60. The van der Waals surface area contributed by atoms with E-state index in [2.05, 4.69) is 5.92 Å². The Morgan fingerprint density at radius 3 is 2.65 bits per heavy atom. The maximum Gasteiger partial charge on any atom is 0.193 e. The predicted octanol–water partition coefficient (Wildman–Crippen LogP) is 3.28. The summed E-state index contributed by atoms with van der Waals surface area (Å²) < 4.78 is 11.1. The van der Waals surface area contributed by atoms with Gasteiger partial charge in [-0.2, -0.15) is 0 Å². The molecule has 0 aliphatic rings. The third kappa shape index (κ3) is 2.72. The number of hydrogen-bond donors (Lipinski definition) is 0. The van der Waals surface area contributed by atoms with Gasteiger partial charge in [-0.3, -0.25) is 9.59 Å². The highest BCUT2D eigenvalue weighted by Gasteiger charge is 2.14. The predicted molar refractivity (Wildman–Crippen MR) is 87.6 cm³/mol. The molecule has 0 atom stereocenters. The zero-order valence-corrected chi connectivity index (χ0v) is 12.1.